The van der Waals surface area contributed by atoms with Gasteiger partial charge in [0.1, 0.15) is 11.6 Å². The molecule has 0 saturated carbocycles. The average Bonchev–Trinajstić information content (AvgIpc) is 2.83. The number of nitrogens with zero attached hydrogens (tertiary/aromatic N) is 1. The zero-order chi connectivity index (χ0) is 17.9. The van der Waals surface area contributed by atoms with Crippen LogP contribution in [0, 0.1) is 0 Å². The number of aromatic nitrogens is 1. The zero-order valence-corrected chi connectivity index (χ0v) is 14.5. The number of hydrogen-bond donors (Lipinski definition) is 2. The van der Waals surface area contributed by atoms with Crippen LogP contribution in [0.3, 0.4) is 0 Å². The third-order valence-corrected chi connectivity index (χ3v) is 3.62. The van der Waals surface area contributed by atoms with E-state index in [1.54, 1.807) is 20.8 Å². The van der Waals surface area contributed by atoms with E-state index in [9.17, 15) is 14.7 Å². The molecule has 1 aromatic heterocycles. The van der Waals surface area contributed by atoms with E-state index in [4.69, 9.17) is 4.74 Å². The molecular weight excluding hydrogens is 308 g/mol. The van der Waals surface area contributed by atoms with Crippen molar-refractivity contribution < 1.29 is 19.4 Å². The number of ether oxygens (including phenoxy) is 1. The number of carbonyl (C=O) groups is 2. The summed E-state index contributed by atoms with van der Waals surface area (Å²) in [6, 6.07) is 6.79. The summed E-state index contributed by atoms with van der Waals surface area (Å²) in [5.41, 5.74) is 1.26. The lowest BCUT2D eigenvalue weighted by atomic mass is 10.1. The third-order valence-electron chi connectivity index (χ3n) is 3.62. The standard InChI is InChI=1S/C18H24N2O4/c1-5-20-11-12(13-8-6-7-9-15(13)20)10-14(16(21)22)19-17(23)24-18(2,3)4/h6-9,11,14H,5,10H2,1-4H3,(H,19,23)(H,21,22). The van der Waals surface area contributed by atoms with Crippen LogP contribution in [-0.4, -0.2) is 33.4 Å². The Morgan fingerprint density at radius 3 is 2.54 bits per heavy atom. The number of aryl methyl sites for hydroxylation is 1. The molecule has 0 saturated heterocycles. The Balaban J connectivity index is 2.22. The molecule has 0 aliphatic carbocycles. The molecule has 0 radical (unpaired) electrons. The van der Waals surface area contributed by atoms with Crippen LogP contribution < -0.4 is 5.32 Å². The summed E-state index contributed by atoms with van der Waals surface area (Å²) in [7, 11) is 0. The fourth-order valence-corrected chi connectivity index (χ4v) is 2.62. The smallest absolute Gasteiger partial charge is 0.408 e. The van der Waals surface area contributed by atoms with Gasteiger partial charge in [-0.2, -0.15) is 0 Å². The van der Waals surface area contributed by atoms with Crippen molar-refractivity contribution in [2.45, 2.75) is 52.3 Å². The fraction of sp³-hybridized carbons (Fsp3) is 0.444. The first kappa shape index (κ1) is 17.8. The molecule has 1 heterocycles. The molecule has 130 valence electrons. The van der Waals surface area contributed by atoms with Gasteiger partial charge >= 0.3 is 12.1 Å². The van der Waals surface area contributed by atoms with Crippen LogP contribution in [0.2, 0.25) is 0 Å². The van der Waals surface area contributed by atoms with Gasteiger partial charge in [0.2, 0.25) is 0 Å². The third kappa shape index (κ3) is 4.28. The SMILES string of the molecule is CCn1cc(CC(NC(=O)OC(C)(C)C)C(=O)O)c2ccccc21. The van der Waals surface area contributed by atoms with Gasteiger partial charge in [-0.15, -0.1) is 0 Å². The summed E-state index contributed by atoms with van der Waals surface area (Å²) in [5.74, 6) is -1.09. The number of carboxylic acids is 1. The predicted molar refractivity (Wildman–Crippen MR) is 92.1 cm³/mol. The number of fused-ring (bicyclic) bond motifs is 1. The first-order chi connectivity index (χ1) is 11.2. The lowest BCUT2D eigenvalue weighted by Gasteiger charge is -2.22. The number of amides is 1. The normalized spacial score (nSPS) is 12.8. The maximum atomic E-state index is 11.9. The van der Waals surface area contributed by atoms with Gasteiger partial charge < -0.3 is 19.7 Å². The van der Waals surface area contributed by atoms with Crippen molar-refractivity contribution in [2.24, 2.45) is 0 Å². The molecule has 1 amide bonds. The Hall–Kier alpha value is -2.50. The van der Waals surface area contributed by atoms with Gasteiger partial charge in [-0.3, -0.25) is 0 Å². The average molecular weight is 332 g/mol. The summed E-state index contributed by atoms with van der Waals surface area (Å²) in [6.45, 7) is 8.02. The minimum atomic E-state index is -1.09. The van der Waals surface area contributed by atoms with Gasteiger partial charge in [0.15, 0.2) is 0 Å². The van der Waals surface area contributed by atoms with Crippen LogP contribution >= 0.6 is 0 Å². The van der Waals surface area contributed by atoms with Crippen LogP contribution in [0.15, 0.2) is 30.5 Å². The predicted octanol–water partition coefficient (Wildman–Crippen LogP) is 3.18. The lowest BCUT2D eigenvalue weighted by molar-refractivity contribution is -0.139. The summed E-state index contributed by atoms with van der Waals surface area (Å²) < 4.78 is 7.22. The van der Waals surface area contributed by atoms with Gasteiger partial charge in [0.05, 0.1) is 0 Å². The zero-order valence-electron chi connectivity index (χ0n) is 14.5. The Morgan fingerprint density at radius 1 is 1.29 bits per heavy atom. The van der Waals surface area contributed by atoms with E-state index < -0.39 is 23.7 Å². The van der Waals surface area contributed by atoms with Crippen molar-refractivity contribution in [2.75, 3.05) is 0 Å². The molecule has 2 aromatic rings. The minimum absolute atomic E-state index is 0.197. The highest BCUT2D eigenvalue weighted by Crippen LogP contribution is 2.22. The number of aliphatic carboxylic acids is 1. The molecule has 0 spiro atoms. The number of carbonyl (C=O) groups excluding carboxylic acids is 1. The quantitative estimate of drug-likeness (QED) is 0.881. The molecule has 0 aliphatic heterocycles. The first-order valence-electron chi connectivity index (χ1n) is 8.00. The molecule has 2 N–H and O–H groups in total. The van der Waals surface area contributed by atoms with Crippen LogP contribution in [-0.2, 0) is 22.5 Å². The van der Waals surface area contributed by atoms with Gasteiger partial charge in [0.25, 0.3) is 0 Å². The number of nitrogens with one attached hydrogen (secondary N) is 1. The summed E-state index contributed by atoms with van der Waals surface area (Å²) >= 11 is 0. The first-order valence-corrected chi connectivity index (χ1v) is 8.00. The molecule has 1 atom stereocenters. The molecular formula is C18H24N2O4. The summed E-state index contributed by atoms with van der Waals surface area (Å²) in [5, 5.41) is 12.9. The number of rotatable bonds is 5. The lowest BCUT2D eigenvalue weighted by Crippen LogP contribution is -2.44. The Morgan fingerprint density at radius 2 is 1.96 bits per heavy atom. The van der Waals surface area contributed by atoms with Gasteiger partial charge in [-0.1, -0.05) is 18.2 Å². The van der Waals surface area contributed by atoms with E-state index in [0.717, 1.165) is 23.0 Å². The highest BCUT2D eigenvalue weighted by atomic mass is 16.6. The molecule has 0 fully saturated rings. The Kier molecular flexibility index (Phi) is 5.17. The molecule has 1 aromatic carbocycles. The number of alkyl carbamates (subject to hydrolysis) is 1. The molecule has 24 heavy (non-hydrogen) atoms. The van der Waals surface area contributed by atoms with E-state index in [2.05, 4.69) is 9.88 Å². The van der Waals surface area contributed by atoms with Crippen LogP contribution in [0.1, 0.15) is 33.3 Å². The Labute approximate surface area is 141 Å². The second-order valence-electron chi connectivity index (χ2n) is 6.70. The van der Waals surface area contributed by atoms with Gasteiger partial charge in [-0.05, 0) is 39.3 Å². The Bertz CT molecular complexity index is 743. The number of benzene rings is 1. The summed E-state index contributed by atoms with van der Waals surface area (Å²) in [4.78, 5) is 23.4. The van der Waals surface area contributed by atoms with E-state index in [-0.39, 0.29) is 6.42 Å². The number of carboxylic acid groups (broad SMARTS) is 1. The highest BCUT2D eigenvalue weighted by molar-refractivity contribution is 5.86. The fourth-order valence-electron chi connectivity index (χ4n) is 2.62. The molecule has 2 rings (SSSR count). The topological polar surface area (TPSA) is 80.6 Å². The van der Waals surface area contributed by atoms with Crippen molar-refractivity contribution in [3.63, 3.8) is 0 Å². The highest BCUT2D eigenvalue weighted by Gasteiger charge is 2.25. The molecule has 1 unspecified atom stereocenters. The maximum Gasteiger partial charge on any atom is 0.408 e. The summed E-state index contributed by atoms with van der Waals surface area (Å²) in [6.07, 6.45) is 1.41. The second kappa shape index (κ2) is 6.95. The maximum absolute atomic E-state index is 11.9. The van der Waals surface area contributed by atoms with Crippen molar-refractivity contribution >= 4 is 23.0 Å². The van der Waals surface area contributed by atoms with Crippen LogP contribution in [0.25, 0.3) is 10.9 Å². The minimum Gasteiger partial charge on any atom is -0.480 e. The van der Waals surface area contributed by atoms with E-state index >= 15 is 0 Å². The van der Waals surface area contributed by atoms with E-state index in [1.807, 2.05) is 37.4 Å². The van der Waals surface area contributed by atoms with Crippen molar-refractivity contribution in [3.05, 3.63) is 36.0 Å². The molecule has 0 aliphatic rings. The second-order valence-corrected chi connectivity index (χ2v) is 6.70. The largest absolute Gasteiger partial charge is 0.480 e. The van der Waals surface area contributed by atoms with Crippen molar-refractivity contribution in [3.8, 4) is 0 Å². The van der Waals surface area contributed by atoms with E-state index in [1.165, 1.54) is 0 Å². The molecule has 0 bridgehead atoms. The van der Waals surface area contributed by atoms with Gasteiger partial charge in [0, 0.05) is 30.1 Å². The molecule has 6 heteroatoms. The molecule has 6 nitrogen and oxygen atoms in total. The monoisotopic (exact) mass is 332 g/mol. The van der Waals surface area contributed by atoms with E-state index in [0.29, 0.717) is 0 Å². The van der Waals surface area contributed by atoms with Crippen molar-refractivity contribution in [1.82, 2.24) is 9.88 Å². The van der Waals surface area contributed by atoms with Crippen LogP contribution in [0.4, 0.5) is 4.79 Å². The number of para-hydroxylation sites is 1. The van der Waals surface area contributed by atoms with Gasteiger partial charge in [-0.25, -0.2) is 9.59 Å². The van der Waals surface area contributed by atoms with Crippen LogP contribution in [0.5, 0.6) is 0 Å². The number of hydrogen-bond acceptors (Lipinski definition) is 3. The van der Waals surface area contributed by atoms with Crippen molar-refractivity contribution in [1.29, 1.82) is 0 Å².